The summed E-state index contributed by atoms with van der Waals surface area (Å²) in [5, 5.41) is 8.24. The van der Waals surface area contributed by atoms with Gasteiger partial charge in [0, 0.05) is 52.3 Å². The number of anilines is 2. The number of alkyl halides is 3. The third-order valence-electron chi connectivity index (χ3n) is 7.90. The van der Waals surface area contributed by atoms with Crippen LogP contribution < -0.4 is 10.2 Å². The number of aromatic nitrogens is 3. The Morgan fingerprint density at radius 2 is 1.89 bits per heavy atom. The van der Waals surface area contributed by atoms with Crippen molar-refractivity contribution in [2.75, 3.05) is 56.7 Å². The molecule has 0 saturated carbocycles. The molecule has 0 atom stereocenters. The van der Waals surface area contributed by atoms with Crippen molar-refractivity contribution in [1.82, 2.24) is 19.5 Å². The molecule has 2 fully saturated rings. The lowest BCUT2D eigenvalue weighted by Gasteiger charge is -2.48. The van der Waals surface area contributed by atoms with E-state index in [4.69, 9.17) is 14.8 Å². The molecule has 1 N–H and O–H groups in total. The van der Waals surface area contributed by atoms with Crippen molar-refractivity contribution < 1.29 is 17.9 Å². The molecule has 0 aliphatic carbocycles. The number of hydrogen-bond donors (Lipinski definition) is 1. The highest BCUT2D eigenvalue weighted by Crippen LogP contribution is 2.37. The Morgan fingerprint density at radius 3 is 2.55 bits per heavy atom. The number of nitrogens with one attached hydrogen (secondary N) is 1. The van der Waals surface area contributed by atoms with E-state index in [-0.39, 0.29) is 5.56 Å². The monoisotopic (exact) mass is 530 g/mol. The topological polar surface area (TPSA) is 57.9 Å². The third kappa shape index (κ3) is 5.20. The predicted octanol–water partition coefficient (Wildman–Crippen LogP) is 5.15. The number of fused-ring (bicyclic) bond motifs is 1. The van der Waals surface area contributed by atoms with Gasteiger partial charge in [-0.15, -0.1) is 5.10 Å². The number of benzene rings is 1. The highest BCUT2D eigenvalue weighted by atomic mass is 19.4. The Hall–Kier alpha value is -2.85. The molecule has 4 heterocycles. The van der Waals surface area contributed by atoms with Crippen LogP contribution in [-0.4, -0.2) is 65.9 Å². The minimum Gasteiger partial charge on any atom is -0.385 e. The molecule has 2 aliphatic heterocycles. The summed E-state index contributed by atoms with van der Waals surface area (Å²) in [5.74, 6) is 0.801. The largest absolute Gasteiger partial charge is 0.416 e. The predicted molar refractivity (Wildman–Crippen MR) is 143 cm³/mol. The number of morpholine rings is 1. The van der Waals surface area contributed by atoms with Gasteiger partial charge in [-0.05, 0) is 36.0 Å². The molecule has 5 rings (SSSR count). The van der Waals surface area contributed by atoms with Crippen molar-refractivity contribution in [2.45, 2.75) is 52.8 Å². The molecule has 3 aromatic rings. The first-order chi connectivity index (χ1) is 18.1. The molecule has 0 unspecified atom stereocenters. The van der Waals surface area contributed by atoms with Crippen LogP contribution in [0.5, 0.6) is 0 Å². The number of ether oxygens (including phenoxy) is 1. The SMILES string of the molecule is CCCC1(C)CN(Cc2nc3c(NC)cc(N4CCOCC4)nn3c2Cc2cccc(C(F)(F)F)c2C)C1. The molecule has 2 aliphatic rings. The molecule has 206 valence electrons. The molecule has 0 radical (unpaired) electrons. The van der Waals surface area contributed by atoms with Crippen LogP contribution in [0.4, 0.5) is 24.7 Å². The number of halogens is 3. The maximum atomic E-state index is 13.7. The average molecular weight is 531 g/mol. The molecule has 0 spiro atoms. The van der Waals surface area contributed by atoms with Crippen molar-refractivity contribution in [3.05, 3.63) is 52.3 Å². The van der Waals surface area contributed by atoms with E-state index in [2.05, 4.69) is 29.0 Å². The van der Waals surface area contributed by atoms with Crippen LogP contribution >= 0.6 is 0 Å². The Balaban J connectivity index is 1.58. The van der Waals surface area contributed by atoms with Gasteiger partial charge < -0.3 is 15.0 Å². The van der Waals surface area contributed by atoms with E-state index < -0.39 is 11.7 Å². The van der Waals surface area contributed by atoms with Crippen LogP contribution in [0.2, 0.25) is 0 Å². The molecular formula is C28H37F3N6O. The van der Waals surface area contributed by atoms with Gasteiger partial charge >= 0.3 is 6.18 Å². The standard InChI is InChI=1S/C28H37F3N6O/c1-5-9-27(3)17-35(18-27)16-23-24(14-20-7-6-8-21(19(20)2)28(29,30)31)37-26(33-23)22(32-4)15-25(34-37)36-10-12-38-13-11-36/h6-8,15,32H,5,9-14,16-18H2,1-4H3. The van der Waals surface area contributed by atoms with E-state index >= 15 is 0 Å². The number of nitrogens with zero attached hydrogens (tertiary/aromatic N) is 5. The summed E-state index contributed by atoms with van der Waals surface area (Å²) < 4.78 is 48.5. The summed E-state index contributed by atoms with van der Waals surface area (Å²) in [6.07, 6.45) is -1.75. The van der Waals surface area contributed by atoms with E-state index in [1.165, 1.54) is 12.5 Å². The van der Waals surface area contributed by atoms with Gasteiger partial charge in [0.1, 0.15) is 0 Å². The van der Waals surface area contributed by atoms with E-state index in [0.717, 1.165) is 61.6 Å². The van der Waals surface area contributed by atoms with Crippen LogP contribution in [0.25, 0.3) is 5.65 Å². The minimum atomic E-state index is -4.40. The summed E-state index contributed by atoms with van der Waals surface area (Å²) in [4.78, 5) is 9.56. The molecule has 7 nitrogen and oxygen atoms in total. The van der Waals surface area contributed by atoms with Gasteiger partial charge in [0.15, 0.2) is 11.5 Å². The summed E-state index contributed by atoms with van der Waals surface area (Å²) in [6, 6.07) is 6.42. The van der Waals surface area contributed by atoms with Gasteiger partial charge in [-0.1, -0.05) is 32.4 Å². The summed E-state index contributed by atoms with van der Waals surface area (Å²) in [5.41, 5.74) is 3.82. The molecule has 0 bridgehead atoms. The zero-order valence-electron chi connectivity index (χ0n) is 22.7. The highest BCUT2D eigenvalue weighted by Gasteiger charge is 2.38. The van der Waals surface area contributed by atoms with Crippen LogP contribution in [0.15, 0.2) is 24.3 Å². The average Bonchev–Trinajstić information content (AvgIpc) is 3.20. The molecule has 0 amide bonds. The lowest BCUT2D eigenvalue weighted by atomic mass is 9.78. The van der Waals surface area contributed by atoms with E-state index in [1.807, 2.05) is 17.6 Å². The number of hydrogen-bond acceptors (Lipinski definition) is 6. The molecule has 2 saturated heterocycles. The summed E-state index contributed by atoms with van der Waals surface area (Å²) in [7, 11) is 1.86. The first-order valence-corrected chi connectivity index (χ1v) is 13.4. The van der Waals surface area contributed by atoms with Crippen molar-refractivity contribution in [2.24, 2.45) is 5.41 Å². The second-order valence-electron chi connectivity index (χ2n) is 11.0. The zero-order valence-corrected chi connectivity index (χ0v) is 22.7. The van der Waals surface area contributed by atoms with Crippen molar-refractivity contribution in [3.63, 3.8) is 0 Å². The molecule has 10 heteroatoms. The Morgan fingerprint density at radius 1 is 1.16 bits per heavy atom. The smallest absolute Gasteiger partial charge is 0.385 e. The molecule has 1 aromatic carbocycles. The summed E-state index contributed by atoms with van der Waals surface area (Å²) in [6.45, 7) is 11.4. The van der Waals surface area contributed by atoms with Crippen LogP contribution in [0.3, 0.4) is 0 Å². The highest BCUT2D eigenvalue weighted by molar-refractivity contribution is 5.71. The fourth-order valence-corrected chi connectivity index (χ4v) is 6.01. The first-order valence-electron chi connectivity index (χ1n) is 13.4. The number of likely N-dealkylation sites (tertiary alicyclic amines) is 1. The first kappa shape index (κ1) is 26.7. The van der Waals surface area contributed by atoms with Crippen LogP contribution in [-0.2, 0) is 23.9 Å². The Kier molecular flexibility index (Phi) is 7.30. The number of rotatable bonds is 8. The second-order valence-corrected chi connectivity index (χ2v) is 11.0. The second kappa shape index (κ2) is 10.4. The minimum absolute atomic E-state index is 0.249. The molecule has 38 heavy (non-hydrogen) atoms. The van der Waals surface area contributed by atoms with Crippen molar-refractivity contribution in [3.8, 4) is 0 Å². The number of imidazole rings is 1. The van der Waals surface area contributed by atoms with E-state index in [1.54, 1.807) is 13.0 Å². The summed E-state index contributed by atoms with van der Waals surface area (Å²) >= 11 is 0. The van der Waals surface area contributed by atoms with Gasteiger partial charge in [-0.3, -0.25) is 4.90 Å². The maximum Gasteiger partial charge on any atom is 0.416 e. The van der Waals surface area contributed by atoms with Gasteiger partial charge in [0.25, 0.3) is 0 Å². The van der Waals surface area contributed by atoms with Crippen molar-refractivity contribution in [1.29, 1.82) is 0 Å². The fourth-order valence-electron chi connectivity index (χ4n) is 6.01. The van der Waals surface area contributed by atoms with Gasteiger partial charge in [-0.25, -0.2) is 9.50 Å². The Labute approximate surface area is 222 Å². The van der Waals surface area contributed by atoms with Crippen LogP contribution in [0.1, 0.15) is 54.8 Å². The lowest BCUT2D eigenvalue weighted by Crippen LogP contribution is -2.53. The van der Waals surface area contributed by atoms with E-state index in [9.17, 15) is 13.2 Å². The van der Waals surface area contributed by atoms with Gasteiger partial charge in [0.2, 0.25) is 0 Å². The van der Waals surface area contributed by atoms with Gasteiger partial charge in [0.05, 0.1) is 35.9 Å². The normalized spacial score (nSPS) is 18.1. The van der Waals surface area contributed by atoms with Crippen molar-refractivity contribution >= 4 is 17.2 Å². The third-order valence-corrected chi connectivity index (χ3v) is 7.90. The zero-order chi connectivity index (χ0) is 27.1. The van der Waals surface area contributed by atoms with E-state index in [0.29, 0.717) is 42.8 Å². The molecule has 2 aromatic heterocycles. The van der Waals surface area contributed by atoms with Gasteiger partial charge in [-0.2, -0.15) is 13.2 Å². The lowest BCUT2D eigenvalue weighted by molar-refractivity contribution is -0.138. The Bertz CT molecular complexity index is 1290. The quantitative estimate of drug-likeness (QED) is 0.435. The fraction of sp³-hybridized carbons (Fsp3) is 0.571. The maximum absolute atomic E-state index is 13.7. The van der Waals surface area contributed by atoms with Crippen LogP contribution in [0, 0.1) is 12.3 Å². The molecular weight excluding hydrogens is 493 g/mol.